The molecule has 2 aromatic rings. The number of rotatable bonds is 3. The molecule has 5 nitrogen and oxygen atoms in total. The van der Waals surface area contributed by atoms with Crippen molar-refractivity contribution in [1.82, 2.24) is 0 Å². The second kappa shape index (κ2) is 6.80. The van der Waals surface area contributed by atoms with Gasteiger partial charge in [0, 0.05) is 29.5 Å². The van der Waals surface area contributed by atoms with Crippen molar-refractivity contribution in [2.45, 2.75) is 57.0 Å². The first-order valence-electron chi connectivity index (χ1n) is 9.81. The van der Waals surface area contributed by atoms with E-state index in [1.165, 1.54) is 23.8 Å². The van der Waals surface area contributed by atoms with Gasteiger partial charge in [0.25, 0.3) is 0 Å². The normalized spacial score (nSPS) is 22.7. The van der Waals surface area contributed by atoms with Gasteiger partial charge in [-0.2, -0.15) is 8.42 Å². The lowest BCUT2D eigenvalue weighted by molar-refractivity contribution is 0.0107. The van der Waals surface area contributed by atoms with Crippen molar-refractivity contribution in [2.75, 3.05) is 0 Å². The van der Waals surface area contributed by atoms with Crippen LogP contribution in [-0.2, 0) is 10.1 Å². The third-order valence-electron chi connectivity index (χ3n) is 5.96. The molecule has 2 aliphatic rings. The number of allylic oxidation sites excluding steroid dienone is 2. The van der Waals surface area contributed by atoms with Crippen molar-refractivity contribution >= 4 is 10.1 Å². The largest absolute Gasteiger partial charge is 0.507 e. The lowest BCUT2D eigenvalue weighted by atomic mass is 9.68. The maximum Gasteiger partial charge on any atom is 0.339 e. The lowest BCUT2D eigenvalue weighted by Gasteiger charge is -2.46. The smallest absolute Gasteiger partial charge is 0.339 e. The van der Waals surface area contributed by atoms with Crippen molar-refractivity contribution in [3.63, 3.8) is 0 Å². The van der Waals surface area contributed by atoms with E-state index in [9.17, 15) is 13.5 Å². The zero-order valence-corrected chi connectivity index (χ0v) is 17.9. The molecule has 4 rings (SSSR count). The summed E-state index contributed by atoms with van der Waals surface area (Å²) in [5.41, 5.74) is 2.51. The Morgan fingerprint density at radius 2 is 1.83 bits per heavy atom. The summed E-state index contributed by atoms with van der Waals surface area (Å²) < 4.78 is 36.8. The molecule has 0 radical (unpaired) electrons. The van der Waals surface area contributed by atoms with Gasteiger partial charge in [0.15, 0.2) is 0 Å². The standard InChI is InChI=1S/C23H26O5S/c1-14-5-8-17(9-6-14)29(25,26)28-16-12-20(24)22-18-11-15(2)7-10-19(18)23(3,4)27-21(22)13-16/h5-6,8-9,11-13,18-19,24H,7,10H2,1-4H3/t18-,19-/m1/s1. The van der Waals surface area contributed by atoms with Crippen LogP contribution in [0.25, 0.3) is 0 Å². The van der Waals surface area contributed by atoms with E-state index in [2.05, 4.69) is 13.0 Å². The number of hydrogen-bond donors (Lipinski definition) is 1. The summed E-state index contributed by atoms with van der Waals surface area (Å²) in [6, 6.07) is 9.36. The summed E-state index contributed by atoms with van der Waals surface area (Å²) in [6.45, 7) is 8.05. The van der Waals surface area contributed by atoms with Crippen LogP contribution in [0.3, 0.4) is 0 Å². The van der Waals surface area contributed by atoms with Gasteiger partial charge in [-0.25, -0.2) is 0 Å². The first kappa shape index (κ1) is 19.8. The zero-order valence-electron chi connectivity index (χ0n) is 17.1. The highest BCUT2D eigenvalue weighted by Crippen LogP contribution is 2.54. The number of hydrogen-bond acceptors (Lipinski definition) is 5. The van der Waals surface area contributed by atoms with E-state index in [4.69, 9.17) is 8.92 Å². The Balaban J connectivity index is 1.73. The molecule has 0 saturated heterocycles. The van der Waals surface area contributed by atoms with Gasteiger partial charge in [0.05, 0.1) is 0 Å². The number of phenolic OH excluding ortho intramolecular Hbond substituents is 1. The minimum Gasteiger partial charge on any atom is -0.507 e. The number of phenols is 1. The number of benzene rings is 2. The molecule has 0 aromatic heterocycles. The fourth-order valence-electron chi connectivity index (χ4n) is 4.43. The molecule has 6 heteroatoms. The highest BCUT2D eigenvalue weighted by molar-refractivity contribution is 7.87. The number of aromatic hydroxyl groups is 1. The summed E-state index contributed by atoms with van der Waals surface area (Å²) in [5, 5.41) is 10.8. The molecule has 1 aliphatic carbocycles. The van der Waals surface area contributed by atoms with E-state index in [0.29, 0.717) is 11.3 Å². The molecule has 0 bridgehead atoms. The number of aryl methyl sites for hydroxylation is 1. The van der Waals surface area contributed by atoms with Crippen LogP contribution in [0.5, 0.6) is 17.2 Å². The Morgan fingerprint density at radius 1 is 1.14 bits per heavy atom. The van der Waals surface area contributed by atoms with E-state index >= 15 is 0 Å². The summed E-state index contributed by atoms with van der Waals surface area (Å²) >= 11 is 0. The van der Waals surface area contributed by atoms with Crippen molar-refractivity contribution in [1.29, 1.82) is 0 Å². The lowest BCUT2D eigenvalue weighted by Crippen LogP contribution is -2.45. The molecule has 1 aliphatic heterocycles. The summed E-state index contributed by atoms with van der Waals surface area (Å²) in [5.74, 6) is 0.773. The predicted octanol–water partition coefficient (Wildman–Crippen LogP) is 5.08. The van der Waals surface area contributed by atoms with E-state index in [-0.39, 0.29) is 28.2 Å². The van der Waals surface area contributed by atoms with Crippen LogP contribution in [0, 0.1) is 12.8 Å². The third kappa shape index (κ3) is 3.62. The van der Waals surface area contributed by atoms with E-state index in [1.807, 2.05) is 20.8 Å². The molecule has 0 amide bonds. The maximum atomic E-state index is 12.6. The Hall–Kier alpha value is -2.47. The maximum absolute atomic E-state index is 12.6. The van der Waals surface area contributed by atoms with Crippen molar-refractivity contribution in [3.8, 4) is 17.2 Å². The summed E-state index contributed by atoms with van der Waals surface area (Å²) in [7, 11) is -4.01. The van der Waals surface area contributed by atoms with Gasteiger partial charge in [-0.15, -0.1) is 0 Å². The van der Waals surface area contributed by atoms with Crippen molar-refractivity contribution < 1.29 is 22.4 Å². The van der Waals surface area contributed by atoms with Gasteiger partial charge in [0.2, 0.25) is 0 Å². The van der Waals surface area contributed by atoms with E-state index in [1.54, 1.807) is 18.2 Å². The molecule has 0 saturated carbocycles. The van der Waals surface area contributed by atoms with E-state index < -0.39 is 15.7 Å². The second-order valence-electron chi connectivity index (χ2n) is 8.59. The Morgan fingerprint density at radius 3 is 2.52 bits per heavy atom. The third-order valence-corrected chi connectivity index (χ3v) is 7.22. The SMILES string of the molecule is CC1=C[C@H]2c3c(O)cc(OS(=O)(=O)c4ccc(C)cc4)cc3OC(C)(C)[C@@H]2CC1. The monoisotopic (exact) mass is 414 g/mol. The molecule has 0 spiro atoms. The van der Waals surface area contributed by atoms with Crippen LogP contribution >= 0.6 is 0 Å². The summed E-state index contributed by atoms with van der Waals surface area (Å²) in [4.78, 5) is 0.0625. The Kier molecular flexibility index (Phi) is 4.65. The first-order valence-corrected chi connectivity index (χ1v) is 11.2. The second-order valence-corrected chi connectivity index (χ2v) is 10.1. The molecular formula is C23H26O5S. The van der Waals surface area contributed by atoms with Gasteiger partial charge >= 0.3 is 10.1 Å². The quantitative estimate of drug-likeness (QED) is 0.560. The highest BCUT2D eigenvalue weighted by atomic mass is 32.2. The number of ether oxygens (including phenoxy) is 1. The fraction of sp³-hybridized carbons (Fsp3) is 0.391. The highest BCUT2D eigenvalue weighted by Gasteiger charge is 2.45. The Labute approximate surface area is 172 Å². The molecule has 2 aromatic carbocycles. The first-order chi connectivity index (χ1) is 13.6. The van der Waals surface area contributed by atoms with Gasteiger partial charge in [0.1, 0.15) is 27.7 Å². The van der Waals surface area contributed by atoms with Crippen LogP contribution < -0.4 is 8.92 Å². The van der Waals surface area contributed by atoms with Gasteiger partial charge < -0.3 is 14.0 Å². The predicted molar refractivity (Wildman–Crippen MR) is 111 cm³/mol. The average Bonchev–Trinajstić information content (AvgIpc) is 2.60. The molecule has 0 fully saturated rings. The van der Waals surface area contributed by atoms with Crippen LogP contribution in [0.2, 0.25) is 0 Å². The van der Waals surface area contributed by atoms with Crippen LogP contribution in [-0.4, -0.2) is 19.1 Å². The molecular weight excluding hydrogens is 388 g/mol. The minimum absolute atomic E-state index is 0.00643. The van der Waals surface area contributed by atoms with E-state index in [0.717, 1.165) is 18.4 Å². The van der Waals surface area contributed by atoms with Crippen molar-refractivity contribution in [2.24, 2.45) is 5.92 Å². The van der Waals surface area contributed by atoms with Gasteiger partial charge in [-0.1, -0.05) is 29.3 Å². The van der Waals surface area contributed by atoms with Crippen LogP contribution in [0.4, 0.5) is 0 Å². The number of fused-ring (bicyclic) bond motifs is 3. The molecule has 1 N–H and O–H groups in total. The topological polar surface area (TPSA) is 72.8 Å². The minimum atomic E-state index is -4.01. The molecule has 0 unspecified atom stereocenters. The van der Waals surface area contributed by atoms with Crippen molar-refractivity contribution in [3.05, 3.63) is 59.2 Å². The molecule has 154 valence electrons. The van der Waals surface area contributed by atoms with Gasteiger partial charge in [-0.05, 0) is 52.7 Å². The molecule has 29 heavy (non-hydrogen) atoms. The van der Waals surface area contributed by atoms with Gasteiger partial charge in [-0.3, -0.25) is 0 Å². The van der Waals surface area contributed by atoms with Crippen LogP contribution in [0.15, 0.2) is 52.9 Å². The zero-order chi connectivity index (χ0) is 21.0. The molecule has 1 heterocycles. The Bertz CT molecular complexity index is 1080. The van der Waals surface area contributed by atoms with Crippen LogP contribution in [0.1, 0.15) is 50.7 Å². The molecule has 2 atom stereocenters. The average molecular weight is 415 g/mol. The fourth-order valence-corrected chi connectivity index (χ4v) is 5.34. The summed E-state index contributed by atoms with van der Waals surface area (Å²) in [6.07, 6.45) is 4.19.